The summed E-state index contributed by atoms with van der Waals surface area (Å²) in [6.07, 6.45) is 1.43. The molecule has 4 aromatic rings. The van der Waals surface area contributed by atoms with Crippen LogP contribution in [-0.2, 0) is 17.9 Å². The first-order chi connectivity index (χ1) is 13.6. The second-order valence-electron chi connectivity index (χ2n) is 6.04. The van der Waals surface area contributed by atoms with Gasteiger partial charge in [0, 0.05) is 10.4 Å². The zero-order valence-corrected chi connectivity index (χ0v) is 15.8. The van der Waals surface area contributed by atoms with Gasteiger partial charge in [-0.2, -0.15) is 10.2 Å². The van der Waals surface area contributed by atoms with Crippen molar-refractivity contribution in [3.63, 3.8) is 0 Å². The van der Waals surface area contributed by atoms with Crippen molar-refractivity contribution in [2.24, 2.45) is 0 Å². The monoisotopic (exact) mass is 395 g/mol. The molecular weight excluding hydrogens is 378 g/mol. The van der Waals surface area contributed by atoms with E-state index in [1.807, 2.05) is 41.8 Å². The number of carbonyl (C=O) groups is 1. The zero-order valence-electron chi connectivity index (χ0n) is 15.0. The molecule has 9 heteroatoms. The first-order valence-electron chi connectivity index (χ1n) is 8.53. The molecule has 0 aliphatic rings. The molecule has 0 unspecified atom stereocenters. The SMILES string of the molecule is COc1ccc(-c2cc3c(=O)n(CC(=O)NCc4cccs4)ncn3n2)cc1. The molecule has 142 valence electrons. The lowest BCUT2D eigenvalue weighted by molar-refractivity contribution is -0.122. The number of benzene rings is 1. The fraction of sp³-hybridized carbons (Fsp3) is 0.158. The van der Waals surface area contributed by atoms with Gasteiger partial charge < -0.3 is 10.1 Å². The van der Waals surface area contributed by atoms with Crippen LogP contribution in [0.4, 0.5) is 0 Å². The molecule has 0 aliphatic heterocycles. The maximum Gasteiger partial charge on any atom is 0.293 e. The van der Waals surface area contributed by atoms with Gasteiger partial charge in [0.1, 0.15) is 24.1 Å². The lowest BCUT2D eigenvalue weighted by atomic mass is 10.1. The standard InChI is InChI=1S/C19H17N5O3S/c1-27-14-6-4-13(5-7-14)16-9-17-19(26)23(21-12-24(17)22-16)11-18(25)20-10-15-3-2-8-28-15/h2-9,12H,10-11H2,1H3,(H,20,25). The smallest absolute Gasteiger partial charge is 0.293 e. The Kier molecular flexibility index (Phi) is 4.90. The lowest BCUT2D eigenvalue weighted by Crippen LogP contribution is -2.33. The van der Waals surface area contributed by atoms with Crippen molar-refractivity contribution in [1.29, 1.82) is 0 Å². The number of fused-ring (bicyclic) bond motifs is 1. The first kappa shape index (κ1) is 17.9. The van der Waals surface area contributed by atoms with E-state index in [0.717, 1.165) is 20.9 Å². The summed E-state index contributed by atoms with van der Waals surface area (Å²) in [5.74, 6) is 0.465. The number of carbonyl (C=O) groups excluding carboxylic acids is 1. The molecule has 4 rings (SSSR count). The van der Waals surface area contributed by atoms with Crippen molar-refractivity contribution in [2.75, 3.05) is 7.11 Å². The molecule has 0 saturated carbocycles. The molecule has 0 bridgehead atoms. The lowest BCUT2D eigenvalue weighted by Gasteiger charge is -2.05. The summed E-state index contributed by atoms with van der Waals surface area (Å²) >= 11 is 1.56. The average molecular weight is 395 g/mol. The predicted molar refractivity (Wildman–Crippen MR) is 105 cm³/mol. The second-order valence-corrected chi connectivity index (χ2v) is 7.07. The van der Waals surface area contributed by atoms with Crippen molar-refractivity contribution in [1.82, 2.24) is 24.7 Å². The third kappa shape index (κ3) is 3.65. The number of amides is 1. The summed E-state index contributed by atoms with van der Waals surface area (Å²) in [5, 5.41) is 13.2. The Labute approximate surface area is 164 Å². The van der Waals surface area contributed by atoms with Crippen LogP contribution >= 0.6 is 11.3 Å². The topological polar surface area (TPSA) is 90.5 Å². The van der Waals surface area contributed by atoms with E-state index in [-0.39, 0.29) is 18.0 Å². The van der Waals surface area contributed by atoms with Gasteiger partial charge in [0.15, 0.2) is 0 Å². The minimum atomic E-state index is -0.374. The highest BCUT2D eigenvalue weighted by molar-refractivity contribution is 7.09. The van der Waals surface area contributed by atoms with E-state index in [1.165, 1.54) is 10.8 Å². The van der Waals surface area contributed by atoms with E-state index >= 15 is 0 Å². The van der Waals surface area contributed by atoms with Crippen molar-refractivity contribution >= 4 is 22.8 Å². The Morgan fingerprint density at radius 2 is 2.07 bits per heavy atom. The number of hydrogen-bond acceptors (Lipinski definition) is 6. The van der Waals surface area contributed by atoms with E-state index in [4.69, 9.17) is 4.74 Å². The third-order valence-electron chi connectivity index (χ3n) is 4.21. The number of rotatable bonds is 6. The van der Waals surface area contributed by atoms with Crippen LogP contribution in [0.2, 0.25) is 0 Å². The van der Waals surface area contributed by atoms with E-state index in [0.29, 0.717) is 17.8 Å². The van der Waals surface area contributed by atoms with E-state index in [1.54, 1.807) is 24.5 Å². The quantitative estimate of drug-likeness (QED) is 0.539. The minimum absolute atomic E-state index is 0.149. The molecule has 28 heavy (non-hydrogen) atoms. The largest absolute Gasteiger partial charge is 0.497 e. The van der Waals surface area contributed by atoms with Gasteiger partial charge in [-0.05, 0) is 41.8 Å². The number of ether oxygens (including phenoxy) is 1. The van der Waals surface area contributed by atoms with Crippen LogP contribution in [-0.4, -0.2) is 32.4 Å². The number of thiophene rings is 1. The summed E-state index contributed by atoms with van der Waals surface area (Å²) < 4.78 is 7.71. The fourth-order valence-electron chi connectivity index (χ4n) is 2.74. The van der Waals surface area contributed by atoms with E-state index in [9.17, 15) is 9.59 Å². The van der Waals surface area contributed by atoms with Gasteiger partial charge in [0.2, 0.25) is 5.91 Å². The summed E-state index contributed by atoms with van der Waals surface area (Å²) in [7, 11) is 1.60. The maximum absolute atomic E-state index is 12.7. The Morgan fingerprint density at radius 1 is 1.25 bits per heavy atom. The molecule has 0 saturated heterocycles. The van der Waals surface area contributed by atoms with Gasteiger partial charge in [-0.3, -0.25) is 9.59 Å². The molecular formula is C19H17N5O3S. The van der Waals surface area contributed by atoms with Gasteiger partial charge in [-0.15, -0.1) is 11.3 Å². The highest BCUT2D eigenvalue weighted by Crippen LogP contribution is 2.21. The highest BCUT2D eigenvalue weighted by Gasteiger charge is 2.12. The van der Waals surface area contributed by atoms with Crippen LogP contribution in [0.5, 0.6) is 5.75 Å². The number of aromatic nitrogens is 4. The Balaban J connectivity index is 1.54. The van der Waals surface area contributed by atoms with Crippen LogP contribution in [0.25, 0.3) is 16.8 Å². The molecule has 0 aliphatic carbocycles. The summed E-state index contributed by atoms with van der Waals surface area (Å²) in [4.78, 5) is 25.9. The van der Waals surface area contributed by atoms with Crippen LogP contribution < -0.4 is 15.6 Å². The Bertz CT molecular complexity index is 1160. The number of hydrogen-bond donors (Lipinski definition) is 1. The average Bonchev–Trinajstić information content (AvgIpc) is 3.39. The number of nitrogens with one attached hydrogen (secondary N) is 1. The molecule has 3 heterocycles. The van der Waals surface area contributed by atoms with Crippen LogP contribution in [0.1, 0.15) is 4.88 Å². The van der Waals surface area contributed by atoms with Crippen molar-refractivity contribution < 1.29 is 9.53 Å². The molecule has 1 amide bonds. The third-order valence-corrected chi connectivity index (χ3v) is 5.09. The molecule has 0 radical (unpaired) electrons. The predicted octanol–water partition coefficient (Wildman–Crippen LogP) is 1.94. The van der Waals surface area contributed by atoms with Gasteiger partial charge in [0.25, 0.3) is 5.56 Å². The van der Waals surface area contributed by atoms with Crippen LogP contribution in [0.15, 0.2) is 59.0 Å². The van der Waals surface area contributed by atoms with Gasteiger partial charge in [-0.25, -0.2) is 9.20 Å². The summed E-state index contributed by atoms with van der Waals surface area (Å²) in [5.41, 5.74) is 1.47. The molecule has 0 spiro atoms. The van der Waals surface area contributed by atoms with Gasteiger partial charge in [-0.1, -0.05) is 6.07 Å². The number of methoxy groups -OCH3 is 1. The van der Waals surface area contributed by atoms with Crippen molar-refractivity contribution in [3.8, 4) is 17.0 Å². The molecule has 0 fully saturated rings. The van der Waals surface area contributed by atoms with Crippen LogP contribution in [0.3, 0.4) is 0 Å². The van der Waals surface area contributed by atoms with Crippen molar-refractivity contribution in [3.05, 3.63) is 69.4 Å². The molecule has 3 aromatic heterocycles. The number of nitrogens with zero attached hydrogens (tertiary/aromatic N) is 4. The molecule has 0 atom stereocenters. The van der Waals surface area contributed by atoms with Gasteiger partial charge in [0.05, 0.1) is 19.3 Å². The fourth-order valence-corrected chi connectivity index (χ4v) is 3.39. The second kappa shape index (κ2) is 7.65. The molecule has 1 aromatic carbocycles. The van der Waals surface area contributed by atoms with Crippen LogP contribution in [0, 0.1) is 0 Å². The first-order valence-corrected chi connectivity index (χ1v) is 9.41. The zero-order chi connectivity index (χ0) is 19.5. The van der Waals surface area contributed by atoms with Crippen molar-refractivity contribution in [2.45, 2.75) is 13.1 Å². The summed E-state index contributed by atoms with van der Waals surface area (Å²) in [6, 6.07) is 12.9. The summed E-state index contributed by atoms with van der Waals surface area (Å²) in [6.45, 7) is 0.283. The molecule has 8 nitrogen and oxygen atoms in total. The Hall–Kier alpha value is -3.46. The molecule has 1 N–H and O–H groups in total. The minimum Gasteiger partial charge on any atom is -0.497 e. The van der Waals surface area contributed by atoms with E-state index in [2.05, 4.69) is 15.5 Å². The maximum atomic E-state index is 12.7. The van der Waals surface area contributed by atoms with Gasteiger partial charge >= 0.3 is 0 Å². The Morgan fingerprint density at radius 3 is 2.79 bits per heavy atom. The normalized spacial score (nSPS) is 10.9. The highest BCUT2D eigenvalue weighted by atomic mass is 32.1. The van der Waals surface area contributed by atoms with E-state index < -0.39 is 0 Å².